The van der Waals surface area contributed by atoms with Gasteiger partial charge in [-0.2, -0.15) is 0 Å². The highest BCUT2D eigenvalue weighted by molar-refractivity contribution is 9.12. The van der Waals surface area contributed by atoms with Crippen molar-refractivity contribution in [3.8, 4) is 0 Å². The van der Waals surface area contributed by atoms with E-state index in [1.807, 2.05) is 37.3 Å². The van der Waals surface area contributed by atoms with Gasteiger partial charge in [0.25, 0.3) is 0 Å². The van der Waals surface area contributed by atoms with E-state index in [1.54, 1.807) is 0 Å². The molecule has 0 spiro atoms. The van der Waals surface area contributed by atoms with E-state index in [0.29, 0.717) is 5.70 Å². The molecule has 0 saturated carbocycles. The quantitative estimate of drug-likeness (QED) is 0.738. The van der Waals surface area contributed by atoms with Gasteiger partial charge in [-0.15, -0.1) is 0 Å². The zero-order valence-corrected chi connectivity index (χ0v) is 9.84. The number of carbonyl (C=O) groups excluding carboxylic acids is 1. The summed E-state index contributed by atoms with van der Waals surface area (Å²) in [6.07, 6.45) is 10.7. The molecule has 0 atom stereocenters. The molecule has 1 heterocycles. The number of halogens is 1. The van der Waals surface area contributed by atoms with Crippen molar-refractivity contribution in [3.63, 3.8) is 0 Å². The van der Waals surface area contributed by atoms with Gasteiger partial charge in [-0.05, 0) is 30.7 Å². The smallest absolute Gasteiger partial charge is 0.166 e. The highest BCUT2D eigenvalue weighted by atomic mass is 79.9. The number of rotatable bonds is 1. The van der Waals surface area contributed by atoms with Crippen LogP contribution in [-0.2, 0) is 4.79 Å². The number of allylic oxidation sites excluding steroid dienone is 8. The fourth-order valence-electron chi connectivity index (χ4n) is 1.52. The molecule has 0 unspecified atom stereocenters. The number of carbonyl (C=O) groups is 1. The number of nitrogens with one attached hydrogen (secondary N) is 1. The highest BCUT2D eigenvalue weighted by Gasteiger charge is 2.16. The molecular formula is C12H10BrNO. The first-order valence-corrected chi connectivity index (χ1v) is 5.41. The van der Waals surface area contributed by atoms with E-state index in [2.05, 4.69) is 21.2 Å². The van der Waals surface area contributed by atoms with Crippen molar-refractivity contribution >= 4 is 22.2 Å². The predicted octanol–water partition coefficient (Wildman–Crippen LogP) is 2.72. The Morgan fingerprint density at radius 2 is 2.07 bits per heavy atom. The maximum atomic E-state index is 10.8. The summed E-state index contributed by atoms with van der Waals surface area (Å²) in [4.78, 5) is 10.8. The molecule has 2 aliphatic rings. The van der Waals surface area contributed by atoms with E-state index >= 15 is 0 Å². The average Bonchev–Trinajstić information content (AvgIpc) is 2.40. The van der Waals surface area contributed by atoms with Gasteiger partial charge in [0.05, 0.1) is 5.70 Å². The minimum Gasteiger partial charge on any atom is -0.352 e. The molecule has 0 fully saturated rings. The van der Waals surface area contributed by atoms with Crippen LogP contribution in [0.1, 0.15) is 6.92 Å². The molecule has 1 N–H and O–H groups in total. The molecule has 2 rings (SSSR count). The van der Waals surface area contributed by atoms with Crippen LogP contribution in [0.3, 0.4) is 0 Å². The molecule has 0 saturated heterocycles. The number of dihydropyridines is 1. The van der Waals surface area contributed by atoms with Gasteiger partial charge in [-0.3, -0.25) is 4.79 Å². The zero-order chi connectivity index (χ0) is 10.8. The Kier molecular flexibility index (Phi) is 2.73. The number of fused-ring (bicyclic) bond motifs is 1. The fourth-order valence-corrected chi connectivity index (χ4v) is 2.00. The Hall–Kier alpha value is -1.35. The molecule has 15 heavy (non-hydrogen) atoms. The van der Waals surface area contributed by atoms with Crippen LogP contribution in [0.2, 0.25) is 0 Å². The second kappa shape index (κ2) is 4.03. The van der Waals surface area contributed by atoms with Crippen LogP contribution in [-0.4, -0.2) is 6.29 Å². The molecular weight excluding hydrogens is 254 g/mol. The van der Waals surface area contributed by atoms with Gasteiger partial charge in [0.1, 0.15) is 0 Å². The van der Waals surface area contributed by atoms with Gasteiger partial charge in [-0.1, -0.05) is 28.1 Å². The summed E-state index contributed by atoms with van der Waals surface area (Å²) in [6, 6.07) is 0. The standard InChI is InChI=1S/C12H10BrNO/c1-8-6-9-10(13)4-2-3-5-11(9)14-12(8)7-15/h2-7,14H,1H3. The van der Waals surface area contributed by atoms with Gasteiger partial charge in [-0.25, -0.2) is 0 Å². The molecule has 0 radical (unpaired) electrons. The van der Waals surface area contributed by atoms with Gasteiger partial charge < -0.3 is 5.32 Å². The molecule has 76 valence electrons. The Labute approximate surface area is 96.9 Å². The van der Waals surface area contributed by atoms with Crippen LogP contribution < -0.4 is 5.32 Å². The zero-order valence-electron chi connectivity index (χ0n) is 8.25. The second-order valence-electron chi connectivity index (χ2n) is 3.38. The summed E-state index contributed by atoms with van der Waals surface area (Å²) in [5, 5.41) is 3.11. The van der Waals surface area contributed by atoms with E-state index in [4.69, 9.17) is 0 Å². The first-order valence-electron chi connectivity index (χ1n) is 4.62. The third-order valence-corrected chi connectivity index (χ3v) is 3.03. The van der Waals surface area contributed by atoms with E-state index in [9.17, 15) is 4.79 Å². The minimum atomic E-state index is 0.626. The normalized spacial score (nSPS) is 19.5. The maximum absolute atomic E-state index is 10.8. The van der Waals surface area contributed by atoms with Crippen LogP contribution in [0.4, 0.5) is 0 Å². The molecule has 1 aliphatic heterocycles. The molecule has 1 aliphatic carbocycles. The van der Waals surface area contributed by atoms with E-state index in [0.717, 1.165) is 27.6 Å². The van der Waals surface area contributed by atoms with Crippen LogP contribution in [0.25, 0.3) is 0 Å². The largest absolute Gasteiger partial charge is 0.352 e. The van der Waals surface area contributed by atoms with Crippen molar-refractivity contribution in [2.24, 2.45) is 0 Å². The first-order chi connectivity index (χ1) is 7.22. The van der Waals surface area contributed by atoms with Crippen molar-refractivity contribution in [3.05, 3.63) is 57.4 Å². The van der Waals surface area contributed by atoms with Crippen LogP contribution in [0, 0.1) is 0 Å². The Morgan fingerprint density at radius 3 is 2.80 bits per heavy atom. The summed E-state index contributed by atoms with van der Waals surface area (Å²) in [5.74, 6) is 0. The van der Waals surface area contributed by atoms with Crippen molar-refractivity contribution < 1.29 is 4.79 Å². The van der Waals surface area contributed by atoms with E-state index in [1.165, 1.54) is 0 Å². The monoisotopic (exact) mass is 263 g/mol. The summed E-state index contributed by atoms with van der Waals surface area (Å²) in [5.41, 5.74) is 3.59. The summed E-state index contributed by atoms with van der Waals surface area (Å²) in [7, 11) is 0. The predicted molar refractivity (Wildman–Crippen MR) is 64.2 cm³/mol. The molecule has 0 aromatic rings. The maximum Gasteiger partial charge on any atom is 0.166 e. The van der Waals surface area contributed by atoms with Crippen molar-refractivity contribution in [2.75, 3.05) is 0 Å². The molecule has 0 amide bonds. The molecule has 0 bridgehead atoms. The highest BCUT2D eigenvalue weighted by Crippen LogP contribution is 2.30. The number of hydrogen-bond acceptors (Lipinski definition) is 2. The van der Waals surface area contributed by atoms with Crippen LogP contribution in [0.5, 0.6) is 0 Å². The fraction of sp³-hybridized carbons (Fsp3) is 0.0833. The van der Waals surface area contributed by atoms with Crippen LogP contribution in [0.15, 0.2) is 57.4 Å². The summed E-state index contributed by atoms with van der Waals surface area (Å²) in [6.45, 7) is 1.92. The topological polar surface area (TPSA) is 29.1 Å². The number of aldehydes is 1. The number of hydrogen-bond donors (Lipinski definition) is 1. The van der Waals surface area contributed by atoms with E-state index < -0.39 is 0 Å². The molecule has 0 aromatic carbocycles. The molecule has 2 nitrogen and oxygen atoms in total. The average molecular weight is 264 g/mol. The third kappa shape index (κ3) is 1.88. The van der Waals surface area contributed by atoms with Crippen molar-refractivity contribution in [1.29, 1.82) is 0 Å². The lowest BCUT2D eigenvalue weighted by atomic mass is 10.0. The molecule has 0 aromatic heterocycles. The van der Waals surface area contributed by atoms with Gasteiger partial charge in [0.15, 0.2) is 6.29 Å². The van der Waals surface area contributed by atoms with Crippen molar-refractivity contribution in [2.45, 2.75) is 6.92 Å². The van der Waals surface area contributed by atoms with Gasteiger partial charge in [0, 0.05) is 15.8 Å². The lowest BCUT2D eigenvalue weighted by Gasteiger charge is -2.19. The Bertz CT molecular complexity index is 464. The Morgan fingerprint density at radius 1 is 1.33 bits per heavy atom. The minimum absolute atomic E-state index is 0.626. The second-order valence-corrected chi connectivity index (χ2v) is 4.23. The van der Waals surface area contributed by atoms with Gasteiger partial charge >= 0.3 is 0 Å². The molecule has 3 heteroatoms. The summed E-state index contributed by atoms with van der Waals surface area (Å²) >= 11 is 3.50. The summed E-state index contributed by atoms with van der Waals surface area (Å²) < 4.78 is 1.01. The van der Waals surface area contributed by atoms with Gasteiger partial charge in [0.2, 0.25) is 0 Å². The van der Waals surface area contributed by atoms with E-state index in [-0.39, 0.29) is 0 Å². The first kappa shape index (κ1) is 10.2. The lowest BCUT2D eigenvalue weighted by molar-refractivity contribution is -0.105. The van der Waals surface area contributed by atoms with Crippen LogP contribution >= 0.6 is 15.9 Å². The SMILES string of the molecule is CC1=C(C=O)NC2=CC=CC=C(Br)C2=C1. The Balaban J connectivity index is 2.53. The third-order valence-electron chi connectivity index (χ3n) is 2.34. The lowest BCUT2D eigenvalue weighted by Crippen LogP contribution is -2.20. The van der Waals surface area contributed by atoms with Crippen molar-refractivity contribution in [1.82, 2.24) is 5.32 Å².